The second-order valence-electron chi connectivity index (χ2n) is 3.13. The summed E-state index contributed by atoms with van der Waals surface area (Å²) in [5.41, 5.74) is 5.60. The molecular formula is C7H13F3N2O. The SMILES string of the molecule is NC1CCOCC1NCC(F)(F)F. The van der Waals surface area contributed by atoms with Crippen LogP contribution in [0.2, 0.25) is 0 Å². The molecule has 0 amide bonds. The van der Waals surface area contributed by atoms with Gasteiger partial charge >= 0.3 is 6.18 Å². The van der Waals surface area contributed by atoms with E-state index < -0.39 is 12.7 Å². The van der Waals surface area contributed by atoms with Crippen LogP contribution in [-0.2, 0) is 4.74 Å². The van der Waals surface area contributed by atoms with E-state index in [1.807, 2.05) is 0 Å². The van der Waals surface area contributed by atoms with Gasteiger partial charge in [-0.25, -0.2) is 0 Å². The average Bonchev–Trinajstić information content (AvgIpc) is 2.01. The summed E-state index contributed by atoms with van der Waals surface area (Å²) >= 11 is 0. The van der Waals surface area contributed by atoms with Gasteiger partial charge in [0.2, 0.25) is 0 Å². The predicted octanol–water partition coefficient (Wildman–Crippen LogP) is 0.254. The zero-order valence-corrected chi connectivity index (χ0v) is 7.10. The molecule has 1 saturated heterocycles. The number of ether oxygens (including phenoxy) is 1. The standard InChI is InChI=1S/C7H13F3N2O/c8-7(9,10)4-12-6-3-13-2-1-5(6)11/h5-6,12H,1-4,11H2. The van der Waals surface area contributed by atoms with Crippen LogP contribution in [0, 0.1) is 0 Å². The van der Waals surface area contributed by atoms with Crippen molar-refractivity contribution >= 4 is 0 Å². The molecule has 0 aromatic rings. The number of halogens is 3. The van der Waals surface area contributed by atoms with Gasteiger partial charge in [0, 0.05) is 18.7 Å². The van der Waals surface area contributed by atoms with Crippen LogP contribution in [0.15, 0.2) is 0 Å². The van der Waals surface area contributed by atoms with Gasteiger partial charge in [0.25, 0.3) is 0 Å². The van der Waals surface area contributed by atoms with Gasteiger partial charge in [-0.05, 0) is 6.42 Å². The number of nitrogens with two attached hydrogens (primary N) is 1. The van der Waals surface area contributed by atoms with E-state index in [2.05, 4.69) is 5.32 Å². The molecule has 1 fully saturated rings. The molecule has 2 atom stereocenters. The largest absolute Gasteiger partial charge is 0.401 e. The molecule has 6 heteroatoms. The lowest BCUT2D eigenvalue weighted by molar-refractivity contribution is -0.128. The summed E-state index contributed by atoms with van der Waals surface area (Å²) in [7, 11) is 0. The molecular weight excluding hydrogens is 185 g/mol. The van der Waals surface area contributed by atoms with Crippen LogP contribution < -0.4 is 11.1 Å². The minimum absolute atomic E-state index is 0.240. The molecule has 1 rings (SSSR count). The highest BCUT2D eigenvalue weighted by Crippen LogP contribution is 2.14. The molecule has 1 aliphatic rings. The van der Waals surface area contributed by atoms with E-state index in [0.717, 1.165) is 0 Å². The van der Waals surface area contributed by atoms with E-state index in [0.29, 0.717) is 13.0 Å². The molecule has 0 radical (unpaired) electrons. The van der Waals surface area contributed by atoms with E-state index in [1.165, 1.54) is 0 Å². The average molecular weight is 198 g/mol. The smallest absolute Gasteiger partial charge is 0.380 e. The number of hydrogen-bond acceptors (Lipinski definition) is 3. The Kier molecular flexibility index (Phi) is 3.52. The predicted molar refractivity (Wildman–Crippen MR) is 41.3 cm³/mol. The van der Waals surface area contributed by atoms with Crippen LogP contribution in [0.25, 0.3) is 0 Å². The fraction of sp³-hybridized carbons (Fsp3) is 1.00. The van der Waals surface area contributed by atoms with Gasteiger partial charge in [0.05, 0.1) is 13.2 Å². The first-order valence-corrected chi connectivity index (χ1v) is 4.12. The second-order valence-corrected chi connectivity index (χ2v) is 3.13. The van der Waals surface area contributed by atoms with Crippen molar-refractivity contribution in [3.8, 4) is 0 Å². The van der Waals surface area contributed by atoms with E-state index in [1.54, 1.807) is 0 Å². The lowest BCUT2D eigenvalue weighted by Gasteiger charge is -2.29. The second kappa shape index (κ2) is 4.26. The monoisotopic (exact) mass is 198 g/mol. The maximum absolute atomic E-state index is 11.8. The first kappa shape index (κ1) is 10.7. The maximum atomic E-state index is 11.8. The van der Waals surface area contributed by atoms with Crippen molar-refractivity contribution in [1.82, 2.24) is 5.32 Å². The van der Waals surface area contributed by atoms with Crippen LogP contribution in [-0.4, -0.2) is 38.0 Å². The molecule has 1 heterocycles. The molecule has 1 aliphatic heterocycles. The van der Waals surface area contributed by atoms with E-state index in [4.69, 9.17) is 10.5 Å². The summed E-state index contributed by atoms with van der Waals surface area (Å²) in [5.74, 6) is 0. The van der Waals surface area contributed by atoms with Crippen molar-refractivity contribution in [3.63, 3.8) is 0 Å². The molecule has 0 aromatic heterocycles. The van der Waals surface area contributed by atoms with Crippen molar-refractivity contribution in [2.24, 2.45) is 5.73 Å². The molecule has 0 bridgehead atoms. The first-order valence-electron chi connectivity index (χ1n) is 4.12. The Hall–Kier alpha value is -0.330. The van der Waals surface area contributed by atoms with Gasteiger partial charge in [-0.15, -0.1) is 0 Å². The van der Waals surface area contributed by atoms with Crippen LogP contribution in [0.3, 0.4) is 0 Å². The molecule has 78 valence electrons. The Morgan fingerprint density at radius 2 is 2.15 bits per heavy atom. The maximum Gasteiger partial charge on any atom is 0.401 e. The molecule has 0 aromatic carbocycles. The fourth-order valence-corrected chi connectivity index (χ4v) is 1.21. The normalized spacial score (nSPS) is 30.5. The Morgan fingerprint density at radius 3 is 2.69 bits per heavy atom. The summed E-state index contributed by atoms with van der Waals surface area (Å²) in [5, 5.41) is 2.34. The van der Waals surface area contributed by atoms with Crippen molar-refractivity contribution < 1.29 is 17.9 Å². The Balaban J connectivity index is 2.27. The van der Waals surface area contributed by atoms with Crippen molar-refractivity contribution in [1.29, 1.82) is 0 Å². The van der Waals surface area contributed by atoms with Crippen LogP contribution in [0.4, 0.5) is 13.2 Å². The van der Waals surface area contributed by atoms with Crippen LogP contribution in [0.5, 0.6) is 0 Å². The summed E-state index contributed by atoms with van der Waals surface area (Å²) in [4.78, 5) is 0. The third-order valence-corrected chi connectivity index (χ3v) is 1.97. The number of alkyl halides is 3. The van der Waals surface area contributed by atoms with E-state index in [9.17, 15) is 13.2 Å². The third-order valence-electron chi connectivity index (χ3n) is 1.97. The Labute approximate surface area is 74.4 Å². The molecule has 3 N–H and O–H groups in total. The number of rotatable bonds is 2. The van der Waals surface area contributed by atoms with Crippen LogP contribution in [0.1, 0.15) is 6.42 Å². The first-order chi connectivity index (χ1) is 5.99. The highest BCUT2D eigenvalue weighted by Gasteiger charge is 2.30. The third kappa shape index (κ3) is 3.93. The highest BCUT2D eigenvalue weighted by atomic mass is 19.4. The Bertz CT molecular complexity index is 162. The van der Waals surface area contributed by atoms with Crippen molar-refractivity contribution in [2.45, 2.75) is 24.7 Å². The molecule has 2 unspecified atom stereocenters. The fourth-order valence-electron chi connectivity index (χ4n) is 1.21. The topological polar surface area (TPSA) is 47.3 Å². The van der Waals surface area contributed by atoms with Gasteiger partial charge < -0.3 is 15.8 Å². The summed E-state index contributed by atoms with van der Waals surface area (Å²) < 4.78 is 40.4. The zero-order chi connectivity index (χ0) is 9.90. The number of nitrogens with one attached hydrogen (secondary N) is 1. The molecule has 0 aliphatic carbocycles. The van der Waals surface area contributed by atoms with E-state index >= 15 is 0 Å². The van der Waals surface area contributed by atoms with Gasteiger partial charge in [0.15, 0.2) is 0 Å². The minimum atomic E-state index is -4.18. The summed E-state index contributed by atoms with van der Waals surface area (Å²) in [6.45, 7) is -0.211. The summed E-state index contributed by atoms with van der Waals surface area (Å²) in [6.07, 6.45) is -3.58. The van der Waals surface area contributed by atoms with Gasteiger partial charge in [-0.3, -0.25) is 0 Å². The van der Waals surface area contributed by atoms with Gasteiger partial charge in [0.1, 0.15) is 0 Å². The van der Waals surface area contributed by atoms with Crippen LogP contribution >= 0.6 is 0 Å². The lowest BCUT2D eigenvalue weighted by Crippen LogP contribution is -2.53. The minimum Gasteiger partial charge on any atom is -0.380 e. The summed E-state index contributed by atoms with van der Waals surface area (Å²) in [6, 6.07) is -0.619. The highest BCUT2D eigenvalue weighted by molar-refractivity contribution is 4.82. The number of hydrogen-bond donors (Lipinski definition) is 2. The molecule has 0 spiro atoms. The van der Waals surface area contributed by atoms with E-state index in [-0.39, 0.29) is 18.7 Å². The quantitative estimate of drug-likeness (QED) is 0.668. The molecule has 13 heavy (non-hydrogen) atoms. The van der Waals surface area contributed by atoms with Crippen molar-refractivity contribution in [3.05, 3.63) is 0 Å². The zero-order valence-electron chi connectivity index (χ0n) is 7.10. The van der Waals surface area contributed by atoms with Gasteiger partial charge in [-0.1, -0.05) is 0 Å². The van der Waals surface area contributed by atoms with Crippen molar-refractivity contribution in [2.75, 3.05) is 19.8 Å². The molecule has 0 saturated carbocycles. The van der Waals surface area contributed by atoms with Gasteiger partial charge in [-0.2, -0.15) is 13.2 Å². The Morgan fingerprint density at radius 1 is 1.46 bits per heavy atom. The molecule has 3 nitrogen and oxygen atoms in total. The lowest BCUT2D eigenvalue weighted by atomic mass is 10.1.